The molecule has 2 rings (SSSR count). The van der Waals surface area contributed by atoms with Crippen molar-refractivity contribution >= 4 is 11.8 Å². The van der Waals surface area contributed by atoms with Crippen molar-refractivity contribution in [1.29, 1.82) is 0 Å². The number of rotatable bonds is 3. The van der Waals surface area contributed by atoms with E-state index in [-0.39, 0.29) is 0 Å². The Bertz CT molecular complexity index is 234. The van der Waals surface area contributed by atoms with Gasteiger partial charge in [0.1, 0.15) is 0 Å². The summed E-state index contributed by atoms with van der Waals surface area (Å²) in [5.74, 6) is 2.51. The molecule has 1 aromatic heterocycles. The summed E-state index contributed by atoms with van der Waals surface area (Å²) in [5, 5.41) is 3.45. The van der Waals surface area contributed by atoms with E-state index in [1.807, 2.05) is 30.1 Å². The van der Waals surface area contributed by atoms with Gasteiger partial charge in [-0.25, -0.2) is 0 Å². The first-order chi connectivity index (χ1) is 5.95. The van der Waals surface area contributed by atoms with E-state index < -0.39 is 0 Å². The molecule has 0 aromatic carbocycles. The van der Waals surface area contributed by atoms with Crippen LogP contribution in [-0.2, 0) is 6.54 Å². The van der Waals surface area contributed by atoms with Gasteiger partial charge in [0.2, 0.25) is 0 Å². The summed E-state index contributed by atoms with van der Waals surface area (Å²) in [6, 6.07) is 6.75. The molecule has 0 bridgehead atoms. The summed E-state index contributed by atoms with van der Waals surface area (Å²) in [7, 11) is 0. The van der Waals surface area contributed by atoms with Crippen molar-refractivity contribution in [2.24, 2.45) is 0 Å². The fraction of sp³-hybridized carbons (Fsp3) is 0.444. The van der Waals surface area contributed by atoms with Crippen LogP contribution in [0, 0.1) is 0 Å². The predicted octanol–water partition coefficient (Wildman–Crippen LogP) is 1.29. The Balaban J connectivity index is 1.79. The molecule has 1 saturated heterocycles. The van der Waals surface area contributed by atoms with Crippen molar-refractivity contribution in [2.45, 2.75) is 12.6 Å². The van der Waals surface area contributed by atoms with Gasteiger partial charge < -0.3 is 5.32 Å². The van der Waals surface area contributed by atoms with E-state index in [2.05, 4.69) is 16.4 Å². The van der Waals surface area contributed by atoms with Gasteiger partial charge in [-0.3, -0.25) is 4.98 Å². The minimum absolute atomic E-state index is 0.719. The summed E-state index contributed by atoms with van der Waals surface area (Å²) in [4.78, 5) is 4.24. The first kappa shape index (κ1) is 8.08. The molecule has 1 aliphatic rings. The maximum absolute atomic E-state index is 4.24. The normalized spacial score (nSPS) is 17.3. The van der Waals surface area contributed by atoms with E-state index in [9.17, 15) is 0 Å². The molecule has 0 saturated carbocycles. The second kappa shape index (κ2) is 3.92. The molecule has 1 fully saturated rings. The Labute approximate surface area is 76.8 Å². The predicted molar refractivity (Wildman–Crippen MR) is 52.2 cm³/mol. The molecule has 0 radical (unpaired) electrons. The monoisotopic (exact) mass is 180 g/mol. The Morgan fingerprint density at radius 3 is 3.00 bits per heavy atom. The van der Waals surface area contributed by atoms with E-state index in [1.54, 1.807) is 0 Å². The van der Waals surface area contributed by atoms with Crippen LogP contribution in [0.1, 0.15) is 5.69 Å². The van der Waals surface area contributed by atoms with Crippen LogP contribution >= 0.6 is 11.8 Å². The molecule has 1 N–H and O–H groups in total. The van der Waals surface area contributed by atoms with E-state index in [1.165, 1.54) is 11.5 Å². The van der Waals surface area contributed by atoms with Crippen molar-refractivity contribution in [3.63, 3.8) is 0 Å². The van der Waals surface area contributed by atoms with Gasteiger partial charge >= 0.3 is 0 Å². The quantitative estimate of drug-likeness (QED) is 0.758. The van der Waals surface area contributed by atoms with E-state index in [0.29, 0.717) is 0 Å². The van der Waals surface area contributed by atoms with Crippen molar-refractivity contribution in [1.82, 2.24) is 10.3 Å². The molecule has 0 spiro atoms. The van der Waals surface area contributed by atoms with Crippen LogP contribution in [0.5, 0.6) is 0 Å². The molecule has 3 heteroatoms. The second-order valence-electron chi connectivity index (χ2n) is 2.94. The molecular weight excluding hydrogens is 168 g/mol. The zero-order chi connectivity index (χ0) is 8.23. The third-order valence-electron chi connectivity index (χ3n) is 1.94. The summed E-state index contributed by atoms with van der Waals surface area (Å²) in [6.07, 6.45) is 1.84. The van der Waals surface area contributed by atoms with E-state index in [4.69, 9.17) is 0 Å². The highest BCUT2D eigenvalue weighted by molar-refractivity contribution is 8.00. The fourth-order valence-electron chi connectivity index (χ4n) is 1.11. The fourth-order valence-corrected chi connectivity index (χ4v) is 1.81. The standard InChI is InChI=1S/C9H12N2S/c1-2-4-10-8(3-1)5-11-9-6-12-7-9/h1-4,9,11H,5-7H2. The largest absolute Gasteiger partial charge is 0.307 e. The Morgan fingerprint density at radius 1 is 1.50 bits per heavy atom. The van der Waals surface area contributed by atoms with Crippen LogP contribution < -0.4 is 5.32 Å². The Hall–Kier alpha value is -0.540. The van der Waals surface area contributed by atoms with Crippen LogP contribution in [0.15, 0.2) is 24.4 Å². The molecule has 12 heavy (non-hydrogen) atoms. The van der Waals surface area contributed by atoms with Crippen molar-refractivity contribution in [2.75, 3.05) is 11.5 Å². The number of hydrogen-bond donors (Lipinski definition) is 1. The van der Waals surface area contributed by atoms with Gasteiger partial charge in [0.05, 0.1) is 5.69 Å². The minimum atomic E-state index is 0.719. The zero-order valence-corrected chi connectivity index (χ0v) is 7.68. The summed E-state index contributed by atoms with van der Waals surface area (Å²) >= 11 is 2.00. The molecule has 2 heterocycles. The van der Waals surface area contributed by atoms with Crippen LogP contribution in [0.25, 0.3) is 0 Å². The molecule has 2 nitrogen and oxygen atoms in total. The van der Waals surface area contributed by atoms with Crippen LogP contribution in [-0.4, -0.2) is 22.5 Å². The van der Waals surface area contributed by atoms with Gasteiger partial charge in [-0.15, -0.1) is 0 Å². The van der Waals surface area contributed by atoms with Crippen molar-refractivity contribution in [3.8, 4) is 0 Å². The SMILES string of the molecule is c1ccc(CNC2CSC2)nc1. The third kappa shape index (κ3) is 1.99. The summed E-state index contributed by atoms with van der Waals surface area (Å²) in [6.45, 7) is 0.909. The lowest BCUT2D eigenvalue weighted by molar-refractivity contribution is 0.576. The van der Waals surface area contributed by atoms with E-state index >= 15 is 0 Å². The first-order valence-electron chi connectivity index (χ1n) is 4.16. The number of nitrogens with one attached hydrogen (secondary N) is 1. The molecule has 0 atom stereocenters. The Kier molecular flexibility index (Phi) is 2.64. The Morgan fingerprint density at radius 2 is 2.42 bits per heavy atom. The first-order valence-corrected chi connectivity index (χ1v) is 5.31. The molecule has 64 valence electrons. The van der Waals surface area contributed by atoms with Crippen molar-refractivity contribution in [3.05, 3.63) is 30.1 Å². The summed E-state index contributed by atoms with van der Waals surface area (Å²) in [5.41, 5.74) is 1.13. The molecule has 0 aliphatic carbocycles. The van der Waals surface area contributed by atoms with Crippen LogP contribution in [0.4, 0.5) is 0 Å². The smallest absolute Gasteiger partial charge is 0.0541 e. The molecule has 0 unspecified atom stereocenters. The highest BCUT2D eigenvalue weighted by Crippen LogP contribution is 2.17. The average Bonchev–Trinajstić information content (AvgIpc) is 2.04. The number of nitrogens with zero attached hydrogens (tertiary/aromatic N) is 1. The number of aromatic nitrogens is 1. The van der Waals surface area contributed by atoms with Gasteiger partial charge in [0.25, 0.3) is 0 Å². The highest BCUT2D eigenvalue weighted by atomic mass is 32.2. The highest BCUT2D eigenvalue weighted by Gasteiger charge is 2.16. The number of pyridine rings is 1. The topological polar surface area (TPSA) is 24.9 Å². The van der Waals surface area contributed by atoms with E-state index in [0.717, 1.165) is 18.3 Å². The lowest BCUT2D eigenvalue weighted by Crippen LogP contribution is -2.39. The van der Waals surface area contributed by atoms with Crippen molar-refractivity contribution < 1.29 is 0 Å². The summed E-state index contributed by atoms with van der Waals surface area (Å²) < 4.78 is 0. The lowest BCUT2D eigenvalue weighted by Gasteiger charge is -2.25. The second-order valence-corrected chi connectivity index (χ2v) is 4.01. The lowest BCUT2D eigenvalue weighted by atomic mass is 10.3. The molecular formula is C9H12N2S. The molecule has 1 aliphatic heterocycles. The van der Waals surface area contributed by atoms with Gasteiger partial charge in [0.15, 0.2) is 0 Å². The third-order valence-corrected chi connectivity index (χ3v) is 3.21. The minimum Gasteiger partial charge on any atom is -0.307 e. The van der Waals surface area contributed by atoms with Crippen LogP contribution in [0.3, 0.4) is 0 Å². The maximum atomic E-state index is 4.24. The van der Waals surface area contributed by atoms with Crippen LogP contribution in [0.2, 0.25) is 0 Å². The van der Waals surface area contributed by atoms with Gasteiger partial charge in [-0.05, 0) is 12.1 Å². The average molecular weight is 180 g/mol. The number of thioether (sulfide) groups is 1. The molecule has 0 amide bonds. The zero-order valence-electron chi connectivity index (χ0n) is 6.86. The number of hydrogen-bond acceptors (Lipinski definition) is 3. The maximum Gasteiger partial charge on any atom is 0.0541 e. The van der Waals surface area contributed by atoms with Gasteiger partial charge in [0, 0.05) is 30.3 Å². The molecule has 1 aromatic rings. The van der Waals surface area contributed by atoms with Gasteiger partial charge in [-0.2, -0.15) is 11.8 Å². The van der Waals surface area contributed by atoms with Gasteiger partial charge in [-0.1, -0.05) is 6.07 Å².